The molecule has 188 valence electrons. The number of carbonyl (C=O) groups excluding carboxylic acids is 1. The number of ether oxygens (including phenoxy) is 3. The van der Waals surface area contributed by atoms with Crippen molar-refractivity contribution in [2.75, 3.05) is 20.5 Å². The molecule has 0 aromatic heterocycles. The average molecular weight is 490 g/mol. The molecule has 34 heavy (non-hydrogen) atoms. The smallest absolute Gasteiger partial charge is 0.408 e. The predicted octanol–water partition coefficient (Wildman–Crippen LogP) is 6.74. The van der Waals surface area contributed by atoms with Crippen molar-refractivity contribution < 1.29 is 19.0 Å². The first-order valence-corrected chi connectivity index (χ1v) is 12.4. The molecule has 1 N–H and O–H groups in total. The Morgan fingerprint density at radius 3 is 2.24 bits per heavy atom. The van der Waals surface area contributed by atoms with Crippen molar-refractivity contribution >= 4 is 17.7 Å². The number of amides is 1. The van der Waals surface area contributed by atoms with E-state index >= 15 is 0 Å². The van der Waals surface area contributed by atoms with Crippen LogP contribution in [0, 0.1) is 0 Å². The zero-order valence-corrected chi connectivity index (χ0v) is 22.0. The third-order valence-corrected chi connectivity index (χ3v) is 5.86. The largest absolute Gasteiger partial charge is 0.444 e. The highest BCUT2D eigenvalue weighted by molar-refractivity contribution is 6.31. The predicted molar refractivity (Wildman–Crippen MR) is 138 cm³/mol. The van der Waals surface area contributed by atoms with Gasteiger partial charge in [-0.05, 0) is 89.0 Å². The Morgan fingerprint density at radius 1 is 0.941 bits per heavy atom. The fourth-order valence-corrected chi connectivity index (χ4v) is 4.03. The van der Waals surface area contributed by atoms with Gasteiger partial charge in [0.1, 0.15) is 12.4 Å². The molecule has 0 saturated carbocycles. The molecule has 2 aromatic carbocycles. The number of aryl methyl sites for hydroxylation is 3. The zero-order valence-electron chi connectivity index (χ0n) is 21.3. The molecule has 0 aliphatic carbocycles. The van der Waals surface area contributed by atoms with E-state index in [4.69, 9.17) is 25.8 Å². The Labute approximate surface area is 210 Å². The highest BCUT2D eigenvalue weighted by Crippen LogP contribution is 2.24. The summed E-state index contributed by atoms with van der Waals surface area (Å²) in [4.78, 5) is 12.4. The summed E-state index contributed by atoms with van der Waals surface area (Å²) in [6.45, 7) is 7.93. The van der Waals surface area contributed by atoms with Gasteiger partial charge in [0.15, 0.2) is 0 Å². The van der Waals surface area contributed by atoms with Crippen molar-refractivity contribution in [3.63, 3.8) is 0 Å². The van der Waals surface area contributed by atoms with Crippen LogP contribution in [0.15, 0.2) is 48.5 Å². The lowest BCUT2D eigenvalue weighted by Crippen LogP contribution is -2.51. The van der Waals surface area contributed by atoms with Crippen molar-refractivity contribution in [3.8, 4) is 0 Å². The van der Waals surface area contributed by atoms with Crippen molar-refractivity contribution in [1.82, 2.24) is 5.32 Å². The van der Waals surface area contributed by atoms with Gasteiger partial charge in [-0.25, -0.2) is 4.79 Å². The quantitative estimate of drug-likeness (QED) is 0.250. The van der Waals surface area contributed by atoms with Gasteiger partial charge in [-0.2, -0.15) is 0 Å². The van der Waals surface area contributed by atoms with Gasteiger partial charge in [0, 0.05) is 12.1 Å². The van der Waals surface area contributed by atoms with Crippen LogP contribution in [0.1, 0.15) is 63.6 Å². The molecule has 6 heteroatoms. The topological polar surface area (TPSA) is 56.8 Å². The van der Waals surface area contributed by atoms with E-state index in [9.17, 15) is 4.79 Å². The summed E-state index contributed by atoms with van der Waals surface area (Å²) in [7, 11) is 1.57. The molecule has 0 aliphatic heterocycles. The van der Waals surface area contributed by atoms with E-state index in [2.05, 4.69) is 53.8 Å². The Bertz CT molecular complexity index is 882. The van der Waals surface area contributed by atoms with Gasteiger partial charge < -0.3 is 19.5 Å². The van der Waals surface area contributed by atoms with Crippen LogP contribution in [0.3, 0.4) is 0 Å². The number of unbranched alkanes of at least 4 members (excludes halogenated alkanes) is 1. The summed E-state index contributed by atoms with van der Waals surface area (Å²) in [5.74, 6) is 0. The third kappa shape index (κ3) is 10.9. The SMILES string of the molecule is COCOCC(C)(CCc1ccc(CCCCc2ccccc2)cc1Cl)NC(=O)OC(C)(C)C. The van der Waals surface area contributed by atoms with Gasteiger partial charge in [-0.3, -0.25) is 0 Å². The first kappa shape index (κ1) is 28.2. The maximum atomic E-state index is 12.4. The van der Waals surface area contributed by atoms with Gasteiger partial charge in [0.25, 0.3) is 0 Å². The number of halogens is 1. The number of alkyl carbamates (subject to hydrolysis) is 1. The fraction of sp³-hybridized carbons (Fsp3) is 0.536. The Balaban J connectivity index is 1.90. The number of hydrogen-bond acceptors (Lipinski definition) is 4. The van der Waals surface area contributed by atoms with E-state index in [1.807, 2.05) is 27.7 Å². The number of benzene rings is 2. The van der Waals surface area contributed by atoms with Gasteiger partial charge in [-0.15, -0.1) is 0 Å². The number of methoxy groups -OCH3 is 1. The number of carbonyl (C=O) groups is 1. The van der Waals surface area contributed by atoms with Gasteiger partial charge in [0.2, 0.25) is 0 Å². The number of rotatable bonds is 13. The van der Waals surface area contributed by atoms with Crippen LogP contribution >= 0.6 is 11.6 Å². The Morgan fingerprint density at radius 2 is 1.62 bits per heavy atom. The van der Waals surface area contributed by atoms with Gasteiger partial charge >= 0.3 is 6.09 Å². The van der Waals surface area contributed by atoms with Crippen molar-refractivity contribution in [2.45, 2.75) is 77.4 Å². The first-order valence-electron chi connectivity index (χ1n) is 12.0. The molecule has 0 bridgehead atoms. The van der Waals surface area contributed by atoms with Crippen LogP contribution < -0.4 is 5.32 Å². The normalized spacial score (nSPS) is 13.4. The van der Waals surface area contributed by atoms with Crippen molar-refractivity contribution in [3.05, 3.63) is 70.2 Å². The van der Waals surface area contributed by atoms with E-state index in [0.29, 0.717) is 19.4 Å². The molecule has 1 atom stereocenters. The summed E-state index contributed by atoms with van der Waals surface area (Å²) in [6, 6.07) is 16.9. The summed E-state index contributed by atoms with van der Waals surface area (Å²) in [5, 5.41) is 3.73. The first-order chi connectivity index (χ1) is 16.1. The highest BCUT2D eigenvalue weighted by atomic mass is 35.5. The van der Waals surface area contributed by atoms with Crippen LogP contribution in [0.4, 0.5) is 4.79 Å². The Hall–Kier alpha value is -2.08. The standard InChI is InChI=1S/C28H40ClNO4/c1-27(2,3)34-26(31)30-28(4,20-33-21-32-5)18-17-24-16-15-23(19-25(24)29)14-10-9-13-22-11-7-6-8-12-22/h6-8,11-12,15-16,19H,9-10,13-14,17-18,20-21H2,1-5H3,(H,30,31). The molecule has 0 radical (unpaired) electrons. The van der Waals surface area contributed by atoms with Gasteiger partial charge in [0.05, 0.1) is 12.1 Å². The molecule has 2 aromatic rings. The lowest BCUT2D eigenvalue weighted by atomic mass is 9.93. The zero-order chi connectivity index (χ0) is 25.0. The second-order valence-corrected chi connectivity index (χ2v) is 10.5. The molecule has 0 heterocycles. The van der Waals surface area contributed by atoms with Crippen LogP contribution in [0.25, 0.3) is 0 Å². The third-order valence-electron chi connectivity index (χ3n) is 5.51. The fourth-order valence-electron chi connectivity index (χ4n) is 3.73. The number of hydrogen-bond donors (Lipinski definition) is 1. The Kier molecular flexibility index (Phi) is 11.4. The number of nitrogens with one attached hydrogen (secondary N) is 1. The van der Waals surface area contributed by atoms with E-state index in [1.54, 1.807) is 7.11 Å². The van der Waals surface area contributed by atoms with Crippen LogP contribution in [0.5, 0.6) is 0 Å². The lowest BCUT2D eigenvalue weighted by molar-refractivity contribution is -0.0533. The minimum Gasteiger partial charge on any atom is -0.444 e. The molecular formula is C28H40ClNO4. The second kappa shape index (κ2) is 13.7. The van der Waals surface area contributed by atoms with E-state index in [1.165, 1.54) is 11.1 Å². The molecule has 1 amide bonds. The van der Waals surface area contributed by atoms with Crippen LogP contribution in [0.2, 0.25) is 5.02 Å². The minimum absolute atomic E-state index is 0.158. The molecule has 0 fully saturated rings. The summed E-state index contributed by atoms with van der Waals surface area (Å²) >= 11 is 6.62. The molecule has 0 aliphatic rings. The monoisotopic (exact) mass is 489 g/mol. The van der Waals surface area contributed by atoms with Gasteiger partial charge in [-0.1, -0.05) is 54.1 Å². The maximum Gasteiger partial charge on any atom is 0.408 e. The van der Waals surface area contributed by atoms with E-state index < -0.39 is 17.2 Å². The summed E-state index contributed by atoms with van der Waals surface area (Å²) < 4.78 is 16.0. The van der Waals surface area contributed by atoms with Crippen LogP contribution in [-0.4, -0.2) is 37.7 Å². The highest BCUT2D eigenvalue weighted by Gasteiger charge is 2.29. The van der Waals surface area contributed by atoms with Crippen molar-refractivity contribution in [1.29, 1.82) is 0 Å². The van der Waals surface area contributed by atoms with Crippen molar-refractivity contribution in [2.24, 2.45) is 0 Å². The summed E-state index contributed by atoms with van der Waals surface area (Å²) in [6.07, 6.45) is 5.27. The van der Waals surface area contributed by atoms with E-state index in [-0.39, 0.29) is 6.79 Å². The summed E-state index contributed by atoms with van der Waals surface area (Å²) in [5.41, 5.74) is 2.49. The molecule has 1 unspecified atom stereocenters. The second-order valence-electron chi connectivity index (χ2n) is 10.1. The minimum atomic E-state index is -0.625. The maximum absolute atomic E-state index is 12.4. The van der Waals surface area contributed by atoms with E-state index in [0.717, 1.165) is 36.3 Å². The molecule has 5 nitrogen and oxygen atoms in total. The van der Waals surface area contributed by atoms with Crippen LogP contribution in [-0.2, 0) is 33.5 Å². The molecule has 0 spiro atoms. The average Bonchev–Trinajstić information content (AvgIpc) is 2.76. The lowest BCUT2D eigenvalue weighted by Gasteiger charge is -2.32. The molecular weight excluding hydrogens is 450 g/mol. The molecule has 0 saturated heterocycles. The molecule has 2 rings (SSSR count).